The Balaban J connectivity index is 3.03. The van der Waals surface area contributed by atoms with Crippen LogP contribution in [0.15, 0.2) is 4.42 Å². The van der Waals surface area contributed by atoms with Gasteiger partial charge < -0.3 is 9.15 Å². The number of carbonyl (C=O) groups is 1. The van der Waals surface area contributed by atoms with Gasteiger partial charge in [0, 0.05) is 6.92 Å². The molecule has 4 nitrogen and oxygen atoms in total. The molecule has 0 amide bonds. The Hall–Kier alpha value is -1.26. The summed E-state index contributed by atoms with van der Waals surface area (Å²) < 4.78 is 9.49. The molecule has 0 aliphatic rings. The van der Waals surface area contributed by atoms with Gasteiger partial charge in [0.1, 0.15) is 0 Å². The smallest absolute Gasteiger partial charge is 0.359 e. The Labute approximate surface area is 65.0 Å². The molecule has 0 fully saturated rings. The molecular weight excluding hydrogens is 145 g/mol. The summed E-state index contributed by atoms with van der Waals surface area (Å²) >= 11 is 0. The second-order valence-corrected chi connectivity index (χ2v) is 2.13. The molecule has 0 bridgehead atoms. The number of oxazole rings is 1. The molecule has 0 N–H and O–H groups in total. The zero-order valence-electron chi connectivity index (χ0n) is 6.67. The van der Waals surface area contributed by atoms with Crippen LogP contribution >= 0.6 is 0 Å². The zero-order valence-corrected chi connectivity index (χ0v) is 6.67. The maximum absolute atomic E-state index is 10.9. The van der Waals surface area contributed by atoms with Gasteiger partial charge >= 0.3 is 5.97 Å². The number of nitrogens with zero attached hydrogens (tertiary/aromatic N) is 1. The Bertz CT molecular complexity index is 281. The van der Waals surface area contributed by atoms with Gasteiger partial charge in [-0.1, -0.05) is 0 Å². The van der Waals surface area contributed by atoms with Crippen LogP contribution in [0.3, 0.4) is 0 Å². The van der Waals surface area contributed by atoms with E-state index in [-0.39, 0.29) is 5.69 Å². The number of methoxy groups -OCH3 is 1. The molecule has 0 unspecified atom stereocenters. The van der Waals surface area contributed by atoms with Crippen molar-refractivity contribution in [3.8, 4) is 0 Å². The summed E-state index contributed by atoms with van der Waals surface area (Å²) in [4.78, 5) is 14.7. The number of aromatic nitrogens is 1. The number of hydrogen-bond donors (Lipinski definition) is 0. The van der Waals surface area contributed by atoms with Crippen molar-refractivity contribution in [1.82, 2.24) is 4.98 Å². The molecule has 0 aromatic carbocycles. The Morgan fingerprint density at radius 3 is 2.73 bits per heavy atom. The van der Waals surface area contributed by atoms with E-state index in [1.54, 1.807) is 14.8 Å². The molecular formula is C6H8BNO3. The van der Waals surface area contributed by atoms with E-state index in [1.807, 2.05) is 0 Å². The largest absolute Gasteiger partial charge is 0.464 e. The second kappa shape index (κ2) is 2.78. The van der Waals surface area contributed by atoms with E-state index in [0.29, 0.717) is 11.6 Å². The van der Waals surface area contributed by atoms with E-state index < -0.39 is 5.97 Å². The van der Waals surface area contributed by atoms with Crippen molar-refractivity contribution in [1.29, 1.82) is 0 Å². The van der Waals surface area contributed by atoms with E-state index in [2.05, 4.69) is 9.72 Å². The number of aryl methyl sites for hydroxylation is 1. The summed E-state index contributed by atoms with van der Waals surface area (Å²) in [5.41, 5.74) is 0.749. The molecule has 0 aliphatic heterocycles. The molecule has 0 spiro atoms. The van der Waals surface area contributed by atoms with Crippen LogP contribution in [-0.4, -0.2) is 25.9 Å². The van der Waals surface area contributed by atoms with E-state index >= 15 is 0 Å². The summed E-state index contributed by atoms with van der Waals surface area (Å²) in [6.07, 6.45) is 0. The van der Waals surface area contributed by atoms with Gasteiger partial charge in [0.25, 0.3) is 0 Å². The number of carbonyl (C=O) groups excluding carboxylic acids is 1. The van der Waals surface area contributed by atoms with Gasteiger partial charge in [-0.25, -0.2) is 9.78 Å². The molecule has 11 heavy (non-hydrogen) atoms. The minimum absolute atomic E-state index is 0.255. The molecule has 58 valence electrons. The minimum Gasteiger partial charge on any atom is -0.464 e. The van der Waals surface area contributed by atoms with Gasteiger partial charge in [-0.15, -0.1) is 0 Å². The lowest BCUT2D eigenvalue weighted by molar-refractivity contribution is 0.0596. The van der Waals surface area contributed by atoms with Crippen LogP contribution in [0.4, 0.5) is 0 Å². The van der Waals surface area contributed by atoms with E-state index in [1.165, 1.54) is 7.11 Å². The average molecular weight is 153 g/mol. The summed E-state index contributed by atoms with van der Waals surface area (Å²) in [7, 11) is 2.98. The highest BCUT2D eigenvalue weighted by Gasteiger charge is 2.14. The van der Waals surface area contributed by atoms with Crippen LogP contribution in [0.1, 0.15) is 16.4 Å². The van der Waals surface area contributed by atoms with Gasteiger partial charge in [0.2, 0.25) is 0 Å². The fraction of sp³-hybridized carbons (Fsp3) is 0.333. The molecule has 1 heterocycles. The standard InChI is InChI=1S/C6H8BNO3/c1-3-8-4(5(7)11-3)6(9)10-2/h7H2,1-2H3. The first-order chi connectivity index (χ1) is 5.15. The van der Waals surface area contributed by atoms with Gasteiger partial charge in [0.05, 0.1) is 12.8 Å². The summed E-state index contributed by atoms with van der Waals surface area (Å²) in [5.74, 6) is 0.0160. The maximum atomic E-state index is 10.9. The number of hydrogen-bond acceptors (Lipinski definition) is 4. The lowest BCUT2D eigenvalue weighted by Gasteiger charge is -1.92. The first-order valence-corrected chi connectivity index (χ1v) is 3.17. The highest BCUT2D eigenvalue weighted by Crippen LogP contribution is 1.97. The van der Waals surface area contributed by atoms with Crippen LogP contribution in [0.2, 0.25) is 0 Å². The van der Waals surface area contributed by atoms with Crippen molar-refractivity contribution in [3.63, 3.8) is 0 Å². The molecule has 0 atom stereocenters. The number of rotatable bonds is 1. The van der Waals surface area contributed by atoms with Gasteiger partial charge in [0.15, 0.2) is 19.4 Å². The van der Waals surface area contributed by atoms with E-state index in [0.717, 1.165) is 0 Å². The first-order valence-electron chi connectivity index (χ1n) is 3.17. The molecule has 0 saturated heterocycles. The lowest BCUT2D eigenvalue weighted by Crippen LogP contribution is -2.14. The van der Waals surface area contributed by atoms with Gasteiger partial charge in [-0.3, -0.25) is 0 Å². The minimum atomic E-state index is -0.459. The third kappa shape index (κ3) is 1.42. The van der Waals surface area contributed by atoms with Crippen LogP contribution in [0, 0.1) is 6.92 Å². The van der Waals surface area contributed by atoms with Crippen molar-refractivity contribution in [2.24, 2.45) is 0 Å². The van der Waals surface area contributed by atoms with Crippen LogP contribution in [-0.2, 0) is 4.74 Å². The van der Waals surface area contributed by atoms with Gasteiger partial charge in [-0.2, -0.15) is 0 Å². The third-order valence-corrected chi connectivity index (χ3v) is 1.28. The maximum Gasteiger partial charge on any atom is 0.359 e. The van der Waals surface area contributed by atoms with Crippen LogP contribution < -0.4 is 5.66 Å². The normalized spacial score (nSPS) is 9.64. The number of ether oxygens (including phenoxy) is 1. The van der Waals surface area contributed by atoms with Crippen molar-refractivity contribution < 1.29 is 13.9 Å². The van der Waals surface area contributed by atoms with E-state index in [4.69, 9.17) is 4.42 Å². The molecule has 1 aromatic rings. The molecule has 1 rings (SSSR count). The van der Waals surface area contributed by atoms with E-state index in [9.17, 15) is 4.79 Å². The Kier molecular flexibility index (Phi) is 1.98. The first kappa shape index (κ1) is 7.85. The molecule has 0 aliphatic carbocycles. The topological polar surface area (TPSA) is 52.3 Å². The van der Waals surface area contributed by atoms with Crippen LogP contribution in [0.25, 0.3) is 0 Å². The Morgan fingerprint density at radius 2 is 2.36 bits per heavy atom. The monoisotopic (exact) mass is 153 g/mol. The predicted molar refractivity (Wildman–Crippen MR) is 40.8 cm³/mol. The second-order valence-electron chi connectivity index (χ2n) is 2.13. The molecule has 0 radical (unpaired) electrons. The zero-order chi connectivity index (χ0) is 8.43. The summed E-state index contributed by atoms with van der Waals surface area (Å²) in [6.45, 7) is 1.68. The SMILES string of the molecule is Bc1oc(C)nc1C(=O)OC. The van der Waals surface area contributed by atoms with Crippen molar-refractivity contribution in [3.05, 3.63) is 11.6 Å². The summed E-state index contributed by atoms with van der Waals surface area (Å²) in [6, 6.07) is 0. The molecule has 0 saturated carbocycles. The summed E-state index contributed by atoms with van der Waals surface area (Å²) in [5, 5.41) is 0. The lowest BCUT2D eigenvalue weighted by atomic mass is 10.0. The highest BCUT2D eigenvalue weighted by atomic mass is 16.5. The van der Waals surface area contributed by atoms with Crippen LogP contribution in [0.5, 0.6) is 0 Å². The predicted octanol–water partition coefficient (Wildman–Crippen LogP) is -0.972. The average Bonchev–Trinajstić information content (AvgIpc) is 2.28. The van der Waals surface area contributed by atoms with Gasteiger partial charge in [-0.05, 0) is 0 Å². The van der Waals surface area contributed by atoms with Crippen molar-refractivity contribution in [2.45, 2.75) is 6.92 Å². The number of esters is 1. The van der Waals surface area contributed by atoms with Crippen molar-refractivity contribution >= 4 is 19.5 Å². The fourth-order valence-electron chi connectivity index (χ4n) is 0.815. The Morgan fingerprint density at radius 1 is 1.73 bits per heavy atom. The third-order valence-electron chi connectivity index (χ3n) is 1.28. The fourth-order valence-corrected chi connectivity index (χ4v) is 0.815. The molecule has 5 heteroatoms. The highest BCUT2D eigenvalue weighted by molar-refractivity contribution is 6.33. The molecule has 1 aromatic heterocycles. The van der Waals surface area contributed by atoms with Crippen molar-refractivity contribution in [2.75, 3.05) is 7.11 Å². The quantitative estimate of drug-likeness (QED) is 0.384.